The van der Waals surface area contributed by atoms with Crippen LogP contribution in [0.15, 0.2) is 0 Å². The number of rotatable bonds is 3. The summed E-state index contributed by atoms with van der Waals surface area (Å²) in [7, 11) is -0.266. The van der Waals surface area contributed by atoms with Crippen molar-refractivity contribution in [3.05, 3.63) is 0 Å². The van der Waals surface area contributed by atoms with Gasteiger partial charge in [0, 0.05) is 14.1 Å². The van der Waals surface area contributed by atoms with Crippen molar-refractivity contribution in [2.75, 3.05) is 19.8 Å². The number of sulfonamides is 1. The normalized spacial score (nSPS) is 22.3. The van der Waals surface area contributed by atoms with Crippen molar-refractivity contribution in [2.24, 2.45) is 0 Å². The molecule has 0 spiro atoms. The van der Waals surface area contributed by atoms with E-state index in [1.807, 2.05) is 0 Å². The first kappa shape index (κ1) is 9.95. The molecule has 1 aliphatic rings. The first-order valence-electron chi connectivity index (χ1n) is 3.98. The fourth-order valence-corrected chi connectivity index (χ4v) is 2.42. The summed E-state index contributed by atoms with van der Waals surface area (Å²) >= 11 is 0. The highest BCUT2D eigenvalue weighted by atomic mass is 32.2. The van der Waals surface area contributed by atoms with Crippen molar-refractivity contribution in [2.45, 2.75) is 24.9 Å². The Morgan fingerprint density at radius 1 is 1.42 bits per heavy atom. The molecule has 0 aromatic carbocycles. The Bertz CT molecular complexity index is 254. The average Bonchev–Trinajstić information content (AvgIpc) is 1.83. The highest BCUT2D eigenvalue weighted by molar-refractivity contribution is 7.89. The number of nitrogens with zero attached hydrogens (tertiary/aromatic N) is 1. The van der Waals surface area contributed by atoms with Crippen LogP contribution < -0.4 is 0 Å². The van der Waals surface area contributed by atoms with Crippen molar-refractivity contribution in [1.82, 2.24) is 4.31 Å². The zero-order valence-corrected chi connectivity index (χ0v) is 8.26. The van der Waals surface area contributed by atoms with E-state index in [4.69, 9.17) is 0 Å². The second-order valence-corrected chi connectivity index (χ2v) is 5.80. The molecule has 0 atom stereocenters. The third-order valence-electron chi connectivity index (χ3n) is 2.29. The van der Waals surface area contributed by atoms with Crippen LogP contribution in [0.1, 0.15) is 19.3 Å². The van der Waals surface area contributed by atoms with Gasteiger partial charge < -0.3 is 5.11 Å². The molecule has 1 N–H and O–H groups in total. The molecule has 1 rings (SSSR count). The lowest BCUT2D eigenvalue weighted by Gasteiger charge is -2.36. The van der Waals surface area contributed by atoms with Crippen LogP contribution in [0.4, 0.5) is 0 Å². The van der Waals surface area contributed by atoms with Crippen LogP contribution in [0.2, 0.25) is 0 Å². The van der Waals surface area contributed by atoms with Gasteiger partial charge in [0.2, 0.25) is 10.0 Å². The largest absolute Gasteiger partial charge is 0.389 e. The van der Waals surface area contributed by atoms with E-state index in [9.17, 15) is 13.5 Å². The minimum absolute atomic E-state index is 0.132. The fraction of sp³-hybridized carbons (Fsp3) is 1.00. The first-order chi connectivity index (χ1) is 5.36. The number of hydrogen-bond acceptors (Lipinski definition) is 3. The maximum atomic E-state index is 11.3. The average molecular weight is 193 g/mol. The summed E-state index contributed by atoms with van der Waals surface area (Å²) in [5.74, 6) is -0.132. The third kappa shape index (κ3) is 1.97. The van der Waals surface area contributed by atoms with Crippen molar-refractivity contribution >= 4 is 10.0 Å². The first-order valence-corrected chi connectivity index (χ1v) is 5.59. The predicted molar refractivity (Wildman–Crippen MR) is 46.3 cm³/mol. The zero-order chi connectivity index (χ0) is 9.41. The van der Waals surface area contributed by atoms with Gasteiger partial charge in [0.15, 0.2) is 0 Å². The van der Waals surface area contributed by atoms with Crippen molar-refractivity contribution in [1.29, 1.82) is 0 Å². The Morgan fingerprint density at radius 2 is 1.92 bits per heavy atom. The van der Waals surface area contributed by atoms with Gasteiger partial charge in [-0.1, -0.05) is 0 Å². The summed E-state index contributed by atoms with van der Waals surface area (Å²) in [6, 6.07) is 0. The standard InChI is InChI=1S/C7H15NO3S/c1-8(2)12(10,11)6-7(9)4-3-5-7/h9H,3-6H2,1-2H3. The molecule has 0 aromatic heterocycles. The molecule has 1 fully saturated rings. The lowest BCUT2D eigenvalue weighted by atomic mass is 9.82. The van der Waals surface area contributed by atoms with E-state index in [2.05, 4.69) is 0 Å². The van der Waals surface area contributed by atoms with Gasteiger partial charge in [0.25, 0.3) is 0 Å². The number of aliphatic hydroxyl groups is 1. The van der Waals surface area contributed by atoms with E-state index in [-0.39, 0.29) is 5.75 Å². The van der Waals surface area contributed by atoms with Crippen LogP contribution in [-0.2, 0) is 10.0 Å². The van der Waals surface area contributed by atoms with Gasteiger partial charge in [-0.15, -0.1) is 0 Å². The van der Waals surface area contributed by atoms with Gasteiger partial charge in [-0.3, -0.25) is 0 Å². The molecule has 1 saturated carbocycles. The molecule has 0 aromatic rings. The molecule has 0 heterocycles. The highest BCUT2D eigenvalue weighted by Crippen LogP contribution is 2.33. The van der Waals surface area contributed by atoms with Crippen LogP contribution >= 0.6 is 0 Å². The highest BCUT2D eigenvalue weighted by Gasteiger charge is 2.39. The molecular formula is C7H15NO3S. The predicted octanol–water partition coefficient (Wildman–Crippen LogP) is -0.207. The molecule has 0 radical (unpaired) electrons. The molecular weight excluding hydrogens is 178 g/mol. The lowest BCUT2D eigenvalue weighted by molar-refractivity contribution is -0.0120. The lowest BCUT2D eigenvalue weighted by Crippen LogP contribution is -2.46. The second kappa shape index (κ2) is 2.97. The summed E-state index contributed by atoms with van der Waals surface area (Å²) < 4.78 is 23.8. The van der Waals surface area contributed by atoms with Gasteiger partial charge >= 0.3 is 0 Å². The topological polar surface area (TPSA) is 57.6 Å². The summed E-state index contributed by atoms with van der Waals surface area (Å²) in [5, 5.41) is 9.59. The SMILES string of the molecule is CN(C)S(=O)(=O)CC1(O)CCC1. The molecule has 0 aliphatic heterocycles. The molecule has 0 amide bonds. The summed E-state index contributed by atoms with van der Waals surface area (Å²) in [4.78, 5) is 0. The molecule has 5 heteroatoms. The quantitative estimate of drug-likeness (QED) is 0.675. The van der Waals surface area contributed by atoms with E-state index in [1.165, 1.54) is 14.1 Å². The Morgan fingerprint density at radius 3 is 2.17 bits per heavy atom. The molecule has 0 unspecified atom stereocenters. The van der Waals surface area contributed by atoms with E-state index >= 15 is 0 Å². The number of hydrogen-bond donors (Lipinski definition) is 1. The zero-order valence-electron chi connectivity index (χ0n) is 7.45. The summed E-state index contributed by atoms with van der Waals surface area (Å²) in [6.45, 7) is 0. The van der Waals surface area contributed by atoms with Crippen molar-refractivity contribution in [3.63, 3.8) is 0 Å². The molecule has 0 bridgehead atoms. The van der Waals surface area contributed by atoms with E-state index in [0.29, 0.717) is 12.8 Å². The van der Waals surface area contributed by atoms with Gasteiger partial charge in [-0.25, -0.2) is 12.7 Å². The maximum absolute atomic E-state index is 11.3. The third-order valence-corrected chi connectivity index (χ3v) is 4.31. The minimum atomic E-state index is -3.23. The fourth-order valence-electron chi connectivity index (χ4n) is 1.20. The smallest absolute Gasteiger partial charge is 0.216 e. The Labute approximate surface area is 73.2 Å². The second-order valence-electron chi connectivity index (χ2n) is 3.62. The van der Waals surface area contributed by atoms with Crippen LogP contribution in [0.25, 0.3) is 0 Å². The van der Waals surface area contributed by atoms with Gasteiger partial charge in [0.1, 0.15) is 0 Å². The van der Waals surface area contributed by atoms with Gasteiger partial charge in [-0.05, 0) is 19.3 Å². The Kier molecular flexibility index (Phi) is 2.47. The van der Waals surface area contributed by atoms with Crippen LogP contribution in [0.5, 0.6) is 0 Å². The Hall–Kier alpha value is -0.130. The van der Waals surface area contributed by atoms with Crippen LogP contribution in [0.3, 0.4) is 0 Å². The molecule has 12 heavy (non-hydrogen) atoms. The van der Waals surface area contributed by atoms with Gasteiger partial charge in [0.05, 0.1) is 11.4 Å². The van der Waals surface area contributed by atoms with Crippen molar-refractivity contribution in [3.8, 4) is 0 Å². The van der Waals surface area contributed by atoms with E-state index in [0.717, 1.165) is 10.7 Å². The van der Waals surface area contributed by atoms with Crippen LogP contribution in [-0.4, -0.2) is 43.3 Å². The van der Waals surface area contributed by atoms with Crippen LogP contribution in [0, 0.1) is 0 Å². The summed E-state index contributed by atoms with van der Waals surface area (Å²) in [5.41, 5.74) is -0.941. The molecule has 1 aliphatic carbocycles. The van der Waals surface area contributed by atoms with Crippen molar-refractivity contribution < 1.29 is 13.5 Å². The maximum Gasteiger partial charge on any atom is 0.216 e. The van der Waals surface area contributed by atoms with Gasteiger partial charge in [-0.2, -0.15) is 0 Å². The minimum Gasteiger partial charge on any atom is -0.389 e. The molecule has 72 valence electrons. The van der Waals surface area contributed by atoms with E-state index in [1.54, 1.807) is 0 Å². The molecule has 4 nitrogen and oxygen atoms in total. The summed E-state index contributed by atoms with van der Waals surface area (Å²) in [6.07, 6.45) is 2.15. The monoisotopic (exact) mass is 193 g/mol. The Balaban J connectivity index is 2.61. The molecule has 0 saturated heterocycles. The van der Waals surface area contributed by atoms with E-state index < -0.39 is 15.6 Å².